The quantitative estimate of drug-likeness (QED) is 0.438. The van der Waals surface area contributed by atoms with Crippen molar-refractivity contribution < 1.29 is 19.4 Å². The van der Waals surface area contributed by atoms with Crippen LogP contribution in [0.3, 0.4) is 0 Å². The van der Waals surface area contributed by atoms with Crippen LogP contribution >= 0.6 is 0 Å². The summed E-state index contributed by atoms with van der Waals surface area (Å²) in [5.41, 5.74) is 0. The molecule has 3 N–H and O–H groups in total. The third kappa shape index (κ3) is 11.6. The van der Waals surface area contributed by atoms with E-state index >= 15 is 0 Å². The van der Waals surface area contributed by atoms with Gasteiger partial charge in [-0.25, -0.2) is 0 Å². The molecule has 0 aliphatic carbocycles. The Morgan fingerprint density at radius 1 is 1.41 bits per heavy atom. The fraction of sp³-hybridized carbons (Fsp3) is 0.909. The summed E-state index contributed by atoms with van der Waals surface area (Å²) < 4.78 is 10.0. The van der Waals surface area contributed by atoms with Crippen LogP contribution in [0.1, 0.15) is 13.8 Å². The predicted octanol–water partition coefficient (Wildman–Crippen LogP) is -0.875. The second-order valence-electron chi connectivity index (χ2n) is 4.01. The highest BCUT2D eigenvalue weighted by Gasteiger charge is 2.06. The minimum Gasteiger partial charge on any atom is -0.389 e. The van der Waals surface area contributed by atoms with Gasteiger partial charge in [0.1, 0.15) is 0 Å². The van der Waals surface area contributed by atoms with Crippen molar-refractivity contribution in [2.45, 2.75) is 26.1 Å². The molecule has 1 amide bonds. The largest absolute Gasteiger partial charge is 0.389 e. The van der Waals surface area contributed by atoms with E-state index in [0.29, 0.717) is 19.7 Å². The van der Waals surface area contributed by atoms with Gasteiger partial charge in [0.2, 0.25) is 5.91 Å². The zero-order valence-electron chi connectivity index (χ0n) is 10.9. The van der Waals surface area contributed by atoms with Gasteiger partial charge in [-0.2, -0.15) is 0 Å². The Morgan fingerprint density at radius 3 is 2.71 bits per heavy atom. The fourth-order valence-corrected chi connectivity index (χ4v) is 1.07. The van der Waals surface area contributed by atoms with Crippen LogP contribution in [0.25, 0.3) is 0 Å². The van der Waals surface area contributed by atoms with Crippen LogP contribution in [0.2, 0.25) is 0 Å². The molecule has 0 heterocycles. The Balaban J connectivity index is 3.39. The maximum absolute atomic E-state index is 11.2. The number of methoxy groups -OCH3 is 1. The van der Waals surface area contributed by atoms with Gasteiger partial charge in [0.05, 0.1) is 32.0 Å². The fourth-order valence-electron chi connectivity index (χ4n) is 1.07. The molecule has 0 saturated carbocycles. The summed E-state index contributed by atoms with van der Waals surface area (Å²) >= 11 is 0. The van der Waals surface area contributed by atoms with Crippen LogP contribution in [0.15, 0.2) is 0 Å². The van der Waals surface area contributed by atoms with Crippen molar-refractivity contribution in [3.05, 3.63) is 0 Å². The van der Waals surface area contributed by atoms with Crippen LogP contribution in [-0.2, 0) is 14.3 Å². The molecule has 0 aliphatic heterocycles. The molecule has 0 rings (SSSR count). The molecular weight excluding hydrogens is 224 g/mol. The Bertz CT molecular complexity index is 200. The summed E-state index contributed by atoms with van der Waals surface area (Å²) in [4.78, 5) is 11.2. The molecule has 102 valence electrons. The van der Waals surface area contributed by atoms with E-state index in [4.69, 9.17) is 9.47 Å². The maximum Gasteiger partial charge on any atom is 0.234 e. The second-order valence-corrected chi connectivity index (χ2v) is 4.01. The average Bonchev–Trinajstić information content (AvgIpc) is 2.27. The summed E-state index contributed by atoms with van der Waals surface area (Å²) in [6.45, 7) is 5.60. The number of hydrogen-bond acceptors (Lipinski definition) is 5. The summed E-state index contributed by atoms with van der Waals surface area (Å²) in [7, 11) is 1.58. The number of hydrogen-bond donors (Lipinski definition) is 3. The highest BCUT2D eigenvalue weighted by molar-refractivity contribution is 5.77. The molecule has 0 spiro atoms. The average molecular weight is 248 g/mol. The van der Waals surface area contributed by atoms with Crippen molar-refractivity contribution in [2.75, 3.05) is 40.0 Å². The van der Waals surface area contributed by atoms with Crippen molar-refractivity contribution >= 4 is 5.91 Å². The first-order chi connectivity index (χ1) is 8.06. The van der Waals surface area contributed by atoms with Crippen LogP contribution in [-0.4, -0.2) is 63.2 Å². The molecule has 0 aromatic carbocycles. The maximum atomic E-state index is 11.2. The van der Waals surface area contributed by atoms with Gasteiger partial charge in [-0.3, -0.25) is 4.79 Å². The molecule has 0 saturated heterocycles. The van der Waals surface area contributed by atoms with Gasteiger partial charge in [0, 0.05) is 20.2 Å². The van der Waals surface area contributed by atoms with E-state index < -0.39 is 6.10 Å². The molecule has 6 nitrogen and oxygen atoms in total. The van der Waals surface area contributed by atoms with Gasteiger partial charge in [-0.1, -0.05) is 0 Å². The van der Waals surface area contributed by atoms with E-state index in [9.17, 15) is 9.90 Å². The predicted molar refractivity (Wildman–Crippen MR) is 64.9 cm³/mol. The van der Waals surface area contributed by atoms with E-state index in [-0.39, 0.29) is 25.2 Å². The highest BCUT2D eigenvalue weighted by Crippen LogP contribution is 1.90. The number of carbonyl (C=O) groups excluding carboxylic acids is 1. The molecule has 0 aromatic heterocycles. The Morgan fingerprint density at radius 2 is 2.12 bits per heavy atom. The number of aliphatic hydroxyl groups excluding tert-OH is 1. The molecule has 1 unspecified atom stereocenters. The second kappa shape index (κ2) is 10.5. The van der Waals surface area contributed by atoms with Crippen molar-refractivity contribution in [1.82, 2.24) is 10.6 Å². The Hall–Kier alpha value is -0.690. The van der Waals surface area contributed by atoms with Crippen molar-refractivity contribution in [3.8, 4) is 0 Å². The number of aliphatic hydroxyl groups is 1. The van der Waals surface area contributed by atoms with Gasteiger partial charge in [0.25, 0.3) is 0 Å². The molecule has 0 radical (unpaired) electrons. The van der Waals surface area contributed by atoms with Gasteiger partial charge in [-0.15, -0.1) is 0 Å². The van der Waals surface area contributed by atoms with Gasteiger partial charge in [0.15, 0.2) is 0 Å². The number of rotatable bonds is 10. The summed E-state index contributed by atoms with van der Waals surface area (Å²) in [6, 6.07) is 0. The normalized spacial score (nSPS) is 12.8. The third-order valence-electron chi connectivity index (χ3n) is 1.92. The minimum atomic E-state index is -0.593. The molecule has 17 heavy (non-hydrogen) atoms. The Kier molecular flexibility index (Phi) is 10.0. The third-order valence-corrected chi connectivity index (χ3v) is 1.92. The van der Waals surface area contributed by atoms with Crippen molar-refractivity contribution in [3.63, 3.8) is 0 Å². The molecule has 0 fully saturated rings. The number of carbonyl (C=O) groups is 1. The summed E-state index contributed by atoms with van der Waals surface area (Å²) in [5, 5.41) is 15.0. The molecule has 1 atom stereocenters. The molecule has 0 aliphatic rings. The standard InChI is InChI=1S/C11H24N2O4/c1-9(2)17-8-10(14)6-12-7-11(15)13-4-5-16-3/h9-10,12,14H,4-8H2,1-3H3,(H,13,15). The molecular formula is C11H24N2O4. The summed E-state index contributed by atoms with van der Waals surface area (Å²) in [6.07, 6.45) is -0.494. The van der Waals surface area contributed by atoms with Crippen molar-refractivity contribution in [2.24, 2.45) is 0 Å². The zero-order chi connectivity index (χ0) is 13.1. The highest BCUT2D eigenvalue weighted by atomic mass is 16.5. The van der Waals surface area contributed by atoms with Crippen molar-refractivity contribution in [1.29, 1.82) is 0 Å². The van der Waals surface area contributed by atoms with Crippen LogP contribution in [0.4, 0.5) is 0 Å². The minimum absolute atomic E-state index is 0.0991. The van der Waals surface area contributed by atoms with Gasteiger partial charge >= 0.3 is 0 Å². The smallest absolute Gasteiger partial charge is 0.234 e. The topological polar surface area (TPSA) is 79.8 Å². The summed E-state index contributed by atoms with van der Waals surface area (Å²) in [5.74, 6) is -0.112. The number of nitrogens with one attached hydrogen (secondary N) is 2. The van der Waals surface area contributed by atoms with Crippen LogP contribution in [0, 0.1) is 0 Å². The van der Waals surface area contributed by atoms with Gasteiger partial charge < -0.3 is 25.2 Å². The lowest BCUT2D eigenvalue weighted by molar-refractivity contribution is -0.120. The molecule has 6 heteroatoms. The first-order valence-corrected chi connectivity index (χ1v) is 5.82. The lowest BCUT2D eigenvalue weighted by atomic mass is 10.3. The first-order valence-electron chi connectivity index (χ1n) is 5.82. The van der Waals surface area contributed by atoms with E-state index in [1.54, 1.807) is 7.11 Å². The first kappa shape index (κ1) is 16.3. The number of amides is 1. The van der Waals surface area contributed by atoms with E-state index in [2.05, 4.69) is 10.6 Å². The lowest BCUT2D eigenvalue weighted by Crippen LogP contribution is -2.39. The van der Waals surface area contributed by atoms with E-state index in [0.717, 1.165) is 0 Å². The Labute approximate surface area is 103 Å². The van der Waals surface area contributed by atoms with Crippen LogP contribution in [0.5, 0.6) is 0 Å². The van der Waals surface area contributed by atoms with Crippen LogP contribution < -0.4 is 10.6 Å². The zero-order valence-corrected chi connectivity index (χ0v) is 10.9. The monoisotopic (exact) mass is 248 g/mol. The molecule has 0 bridgehead atoms. The van der Waals surface area contributed by atoms with E-state index in [1.165, 1.54) is 0 Å². The number of ether oxygens (including phenoxy) is 2. The SMILES string of the molecule is COCCNC(=O)CNCC(O)COC(C)C. The van der Waals surface area contributed by atoms with E-state index in [1.807, 2.05) is 13.8 Å². The molecule has 0 aromatic rings. The lowest BCUT2D eigenvalue weighted by Gasteiger charge is -2.14. The van der Waals surface area contributed by atoms with Gasteiger partial charge in [-0.05, 0) is 13.8 Å².